The van der Waals surface area contributed by atoms with Crippen molar-refractivity contribution in [3.8, 4) is 0 Å². The van der Waals surface area contributed by atoms with Crippen molar-refractivity contribution in [1.82, 2.24) is 10.2 Å². The van der Waals surface area contributed by atoms with Crippen LogP contribution in [0.3, 0.4) is 0 Å². The molecule has 0 aromatic carbocycles. The van der Waals surface area contributed by atoms with Gasteiger partial charge >= 0.3 is 0 Å². The topological polar surface area (TPSA) is 50.8 Å². The summed E-state index contributed by atoms with van der Waals surface area (Å²) >= 11 is 0. The van der Waals surface area contributed by atoms with Crippen LogP contribution in [0.1, 0.15) is 65.2 Å². The van der Waals surface area contributed by atoms with E-state index in [1.807, 2.05) is 19.0 Å². The zero-order chi connectivity index (χ0) is 18.7. The summed E-state index contributed by atoms with van der Waals surface area (Å²) in [4.78, 5) is 14.1. The molecule has 0 aromatic heterocycles. The van der Waals surface area contributed by atoms with Crippen molar-refractivity contribution in [3.63, 3.8) is 0 Å². The first-order chi connectivity index (χ1) is 12.0. The summed E-state index contributed by atoms with van der Waals surface area (Å²) < 4.78 is 11.8. The zero-order valence-corrected chi connectivity index (χ0v) is 17.1. The van der Waals surface area contributed by atoms with E-state index in [9.17, 15) is 4.79 Å². The monoisotopic (exact) mass is 356 g/mol. The van der Waals surface area contributed by atoms with Crippen LogP contribution in [-0.4, -0.2) is 63.4 Å². The molecule has 0 saturated carbocycles. The van der Waals surface area contributed by atoms with Crippen molar-refractivity contribution >= 4 is 5.91 Å². The van der Waals surface area contributed by atoms with Gasteiger partial charge in [0.15, 0.2) is 0 Å². The first kappa shape index (κ1) is 22.4. The number of amides is 1. The lowest BCUT2D eigenvalue weighted by atomic mass is 9.88. The number of methoxy groups -OCH3 is 1. The van der Waals surface area contributed by atoms with Gasteiger partial charge in [-0.05, 0) is 20.5 Å². The molecule has 1 aliphatic heterocycles. The third-order valence-corrected chi connectivity index (χ3v) is 5.04. The minimum atomic E-state index is -0.0544. The average Bonchev–Trinajstić information content (AvgIpc) is 2.55. The van der Waals surface area contributed by atoms with Gasteiger partial charge in [0, 0.05) is 13.0 Å². The zero-order valence-electron chi connectivity index (χ0n) is 17.1. The van der Waals surface area contributed by atoms with Crippen molar-refractivity contribution < 1.29 is 14.3 Å². The fraction of sp³-hybridized carbons (Fsp3) is 0.950. The highest BCUT2D eigenvalue weighted by molar-refractivity contribution is 5.78. The molecule has 0 aromatic rings. The number of carbonyl (C=O) groups is 1. The molecule has 1 saturated heterocycles. The summed E-state index contributed by atoms with van der Waals surface area (Å²) in [6, 6.07) is -0.0544. The third-order valence-electron chi connectivity index (χ3n) is 5.04. The maximum Gasteiger partial charge on any atom is 0.234 e. The largest absolute Gasteiger partial charge is 0.379 e. The average molecular weight is 357 g/mol. The Morgan fingerprint density at radius 3 is 2.40 bits per heavy atom. The molecule has 1 fully saturated rings. The number of rotatable bonds is 12. The molecule has 0 unspecified atom stereocenters. The lowest BCUT2D eigenvalue weighted by Gasteiger charge is -2.41. The van der Waals surface area contributed by atoms with Crippen molar-refractivity contribution in [3.05, 3.63) is 0 Å². The molecule has 0 radical (unpaired) electrons. The smallest absolute Gasteiger partial charge is 0.234 e. The summed E-state index contributed by atoms with van der Waals surface area (Å²) in [5.74, 6) is 0.333. The number of hydrogen-bond donors (Lipinski definition) is 1. The molecule has 0 bridgehead atoms. The van der Waals surface area contributed by atoms with Crippen molar-refractivity contribution in [1.29, 1.82) is 0 Å². The molecular formula is C20H40N2O3. The van der Waals surface area contributed by atoms with Crippen LogP contribution in [0.5, 0.6) is 0 Å². The van der Waals surface area contributed by atoms with Crippen LogP contribution >= 0.6 is 0 Å². The summed E-state index contributed by atoms with van der Waals surface area (Å²) in [5.41, 5.74) is 0. The Morgan fingerprint density at radius 2 is 1.80 bits per heavy atom. The van der Waals surface area contributed by atoms with Gasteiger partial charge in [-0.25, -0.2) is 0 Å². The van der Waals surface area contributed by atoms with Gasteiger partial charge in [0.05, 0.1) is 31.4 Å². The van der Waals surface area contributed by atoms with Crippen LogP contribution in [-0.2, 0) is 14.3 Å². The second-order valence-electron chi connectivity index (χ2n) is 7.79. The maximum atomic E-state index is 12.2. The minimum Gasteiger partial charge on any atom is -0.379 e. The Labute approximate surface area is 154 Å². The first-order valence-electron chi connectivity index (χ1n) is 10.1. The number of likely N-dealkylation sites (N-methyl/N-ethyl adjacent to an activating group) is 1. The van der Waals surface area contributed by atoms with E-state index in [1.165, 1.54) is 38.5 Å². The van der Waals surface area contributed by atoms with E-state index in [-0.39, 0.29) is 24.2 Å². The van der Waals surface area contributed by atoms with Gasteiger partial charge in [-0.3, -0.25) is 4.79 Å². The lowest BCUT2D eigenvalue weighted by Crippen LogP contribution is -2.59. The molecule has 1 N–H and O–H groups in total. The summed E-state index contributed by atoms with van der Waals surface area (Å²) in [6.07, 6.45) is 10.1. The number of nitrogens with one attached hydrogen (secondary N) is 1. The molecule has 1 heterocycles. The Balaban J connectivity index is 2.48. The highest BCUT2D eigenvalue weighted by Crippen LogP contribution is 2.26. The van der Waals surface area contributed by atoms with E-state index >= 15 is 0 Å². The highest BCUT2D eigenvalue weighted by Gasteiger charge is 2.39. The summed E-state index contributed by atoms with van der Waals surface area (Å²) in [5, 5.41) is 3.17. The molecule has 25 heavy (non-hydrogen) atoms. The predicted octanol–water partition coefficient (Wildman–Crippen LogP) is 3.22. The summed E-state index contributed by atoms with van der Waals surface area (Å²) in [6.45, 7) is 5.48. The van der Waals surface area contributed by atoms with Gasteiger partial charge in [-0.15, -0.1) is 0 Å². The molecule has 0 aliphatic carbocycles. The minimum absolute atomic E-state index is 0.0226. The van der Waals surface area contributed by atoms with Crippen molar-refractivity contribution in [2.24, 2.45) is 5.92 Å². The molecule has 5 heteroatoms. The third kappa shape index (κ3) is 8.52. The fourth-order valence-electron chi connectivity index (χ4n) is 3.68. The normalized spacial score (nSPS) is 26.8. The second-order valence-corrected chi connectivity index (χ2v) is 7.79. The van der Waals surface area contributed by atoms with Gasteiger partial charge in [-0.1, -0.05) is 58.8 Å². The summed E-state index contributed by atoms with van der Waals surface area (Å²) in [7, 11) is 5.55. The van der Waals surface area contributed by atoms with Gasteiger partial charge in [-0.2, -0.15) is 0 Å². The fourth-order valence-corrected chi connectivity index (χ4v) is 3.68. The Bertz CT molecular complexity index is 363. The van der Waals surface area contributed by atoms with Crippen LogP contribution in [0.2, 0.25) is 0 Å². The lowest BCUT2D eigenvalue weighted by molar-refractivity contribution is -0.138. The number of nitrogens with zero attached hydrogens (tertiary/aromatic N) is 1. The number of carbonyl (C=O) groups excluding carboxylic acids is 1. The van der Waals surface area contributed by atoms with Crippen LogP contribution < -0.4 is 5.32 Å². The maximum absolute atomic E-state index is 12.2. The Kier molecular flexibility index (Phi) is 11.3. The van der Waals surface area contributed by atoms with Crippen LogP contribution in [0, 0.1) is 5.92 Å². The molecule has 1 amide bonds. The van der Waals surface area contributed by atoms with Gasteiger partial charge in [0.2, 0.25) is 5.91 Å². The molecule has 148 valence electrons. The van der Waals surface area contributed by atoms with Crippen LogP contribution in [0.15, 0.2) is 0 Å². The van der Waals surface area contributed by atoms with Gasteiger partial charge < -0.3 is 19.7 Å². The van der Waals surface area contributed by atoms with E-state index in [0.717, 1.165) is 12.8 Å². The van der Waals surface area contributed by atoms with Crippen LogP contribution in [0.25, 0.3) is 0 Å². The molecule has 4 atom stereocenters. The quantitative estimate of drug-likeness (QED) is 0.546. The molecule has 0 spiro atoms. The van der Waals surface area contributed by atoms with E-state index in [1.54, 1.807) is 7.11 Å². The first-order valence-corrected chi connectivity index (χ1v) is 10.1. The molecule has 1 aliphatic rings. The predicted molar refractivity (Wildman–Crippen MR) is 103 cm³/mol. The standard InChI is InChI=1S/C20H40N2O3/c1-6-7-8-9-10-11-12-13-17-19(21-18(23)14-22(3)4)20(24-5)16(2)15-25-17/h16-17,19-20H,6-15H2,1-5H3,(H,21,23)/t16-,17-,19-,20-/m0/s1. The number of hydrogen-bond acceptors (Lipinski definition) is 4. The van der Waals surface area contributed by atoms with Gasteiger partial charge in [0.1, 0.15) is 0 Å². The highest BCUT2D eigenvalue weighted by atomic mass is 16.5. The van der Waals surface area contributed by atoms with Gasteiger partial charge in [0.25, 0.3) is 0 Å². The van der Waals surface area contributed by atoms with E-state index in [4.69, 9.17) is 9.47 Å². The van der Waals surface area contributed by atoms with Crippen molar-refractivity contribution in [2.75, 3.05) is 34.4 Å². The number of ether oxygens (including phenoxy) is 2. The van der Waals surface area contributed by atoms with Crippen molar-refractivity contribution in [2.45, 2.75) is 83.5 Å². The Morgan fingerprint density at radius 1 is 1.16 bits per heavy atom. The second kappa shape index (κ2) is 12.7. The number of unbranched alkanes of at least 4 members (excludes halogenated alkanes) is 6. The van der Waals surface area contributed by atoms with E-state index in [0.29, 0.717) is 19.1 Å². The molecule has 5 nitrogen and oxygen atoms in total. The van der Waals surface area contributed by atoms with E-state index in [2.05, 4.69) is 19.2 Å². The molecular weight excluding hydrogens is 316 g/mol. The SMILES string of the molecule is CCCCCCCCC[C@@H]1OC[C@H](C)[C@H](OC)[C@H]1NC(=O)CN(C)C. The van der Waals surface area contributed by atoms with Crippen LogP contribution in [0.4, 0.5) is 0 Å². The molecule has 1 rings (SSSR count). The Hall–Kier alpha value is -0.650. The van der Waals surface area contributed by atoms with E-state index < -0.39 is 0 Å².